The van der Waals surface area contributed by atoms with Crippen molar-refractivity contribution in [3.8, 4) is 11.4 Å². The molecule has 0 saturated heterocycles. The second-order valence-corrected chi connectivity index (χ2v) is 9.62. The molecule has 0 unspecified atom stereocenters. The van der Waals surface area contributed by atoms with Gasteiger partial charge in [0.05, 0.1) is 10.6 Å². The van der Waals surface area contributed by atoms with Gasteiger partial charge in [-0.1, -0.05) is 17.7 Å². The van der Waals surface area contributed by atoms with E-state index in [9.17, 15) is 28.7 Å². The molecule has 9 nitrogen and oxygen atoms in total. The number of carbonyl (C=O) groups excluding carboxylic acids is 3. The summed E-state index contributed by atoms with van der Waals surface area (Å²) in [4.78, 5) is 56.1. The molecule has 0 fully saturated rings. The standard InChI is InChI=1S/C27H26ClFN4O5/c1-15(34)31(4)17-6-8-18(9-7-17)33-23(26(37)30(2)3)19-11-12-32(25(36)22(19)24(35)27(33)38)14-16-5-10-21(29)20(28)13-16/h5-10,13,35H,11-12,14H2,1-4H3. The number of benzene rings is 2. The number of pyridine rings is 1. The summed E-state index contributed by atoms with van der Waals surface area (Å²) in [6, 6.07) is 10.5. The summed E-state index contributed by atoms with van der Waals surface area (Å²) in [5.41, 5.74) is 0.493. The van der Waals surface area contributed by atoms with E-state index >= 15 is 0 Å². The van der Waals surface area contributed by atoms with Gasteiger partial charge in [-0.15, -0.1) is 0 Å². The van der Waals surface area contributed by atoms with Crippen LogP contribution in [0.5, 0.6) is 5.75 Å². The molecule has 1 N–H and O–H groups in total. The van der Waals surface area contributed by atoms with Crippen molar-refractivity contribution in [2.45, 2.75) is 19.9 Å². The van der Waals surface area contributed by atoms with Gasteiger partial charge in [0.2, 0.25) is 5.91 Å². The molecule has 198 valence electrons. The molecule has 0 bridgehead atoms. The maximum absolute atomic E-state index is 13.6. The van der Waals surface area contributed by atoms with E-state index in [1.807, 2.05) is 0 Å². The van der Waals surface area contributed by atoms with Crippen LogP contribution >= 0.6 is 11.6 Å². The number of aromatic nitrogens is 1. The highest BCUT2D eigenvalue weighted by atomic mass is 35.5. The molecule has 4 rings (SSSR count). The molecule has 0 spiro atoms. The van der Waals surface area contributed by atoms with E-state index in [1.54, 1.807) is 31.3 Å². The maximum Gasteiger partial charge on any atom is 0.298 e. The summed E-state index contributed by atoms with van der Waals surface area (Å²) in [6.07, 6.45) is 0.184. The number of hydrogen-bond acceptors (Lipinski definition) is 5. The Hall–Kier alpha value is -4.18. The van der Waals surface area contributed by atoms with E-state index < -0.39 is 28.9 Å². The van der Waals surface area contributed by atoms with Crippen LogP contribution in [0.4, 0.5) is 10.1 Å². The highest BCUT2D eigenvalue weighted by Crippen LogP contribution is 2.31. The van der Waals surface area contributed by atoms with Crippen LogP contribution in [-0.4, -0.2) is 64.9 Å². The van der Waals surface area contributed by atoms with E-state index in [0.717, 1.165) is 4.57 Å². The van der Waals surface area contributed by atoms with Crippen molar-refractivity contribution in [3.05, 3.63) is 86.0 Å². The molecule has 0 radical (unpaired) electrons. The Morgan fingerprint density at radius 1 is 1.08 bits per heavy atom. The Labute approximate surface area is 223 Å². The number of anilines is 1. The lowest BCUT2D eigenvalue weighted by Gasteiger charge is -2.31. The van der Waals surface area contributed by atoms with Gasteiger partial charge >= 0.3 is 0 Å². The molecular formula is C27H26ClFN4O5. The molecule has 1 aromatic heterocycles. The van der Waals surface area contributed by atoms with Crippen molar-refractivity contribution in [3.63, 3.8) is 0 Å². The van der Waals surface area contributed by atoms with Crippen LogP contribution in [0.15, 0.2) is 47.3 Å². The molecule has 11 heteroatoms. The molecule has 3 aromatic rings. The predicted octanol–water partition coefficient (Wildman–Crippen LogP) is 3.22. The van der Waals surface area contributed by atoms with Crippen molar-refractivity contribution in [1.82, 2.24) is 14.4 Å². The summed E-state index contributed by atoms with van der Waals surface area (Å²) in [5.74, 6) is -2.69. The topological polar surface area (TPSA) is 103 Å². The fraction of sp³-hybridized carbons (Fsp3) is 0.259. The summed E-state index contributed by atoms with van der Waals surface area (Å²) in [5, 5.41) is 10.9. The van der Waals surface area contributed by atoms with E-state index in [1.165, 1.54) is 53.9 Å². The van der Waals surface area contributed by atoms with Crippen LogP contribution in [0.25, 0.3) is 5.69 Å². The van der Waals surface area contributed by atoms with Crippen molar-refractivity contribution in [2.75, 3.05) is 32.6 Å². The second kappa shape index (κ2) is 10.3. The Morgan fingerprint density at radius 2 is 1.74 bits per heavy atom. The van der Waals surface area contributed by atoms with Gasteiger partial charge in [0.15, 0.2) is 5.75 Å². The van der Waals surface area contributed by atoms with Crippen LogP contribution in [0, 0.1) is 5.82 Å². The summed E-state index contributed by atoms with van der Waals surface area (Å²) < 4.78 is 14.7. The van der Waals surface area contributed by atoms with E-state index in [-0.39, 0.29) is 52.9 Å². The van der Waals surface area contributed by atoms with Gasteiger partial charge < -0.3 is 19.8 Å². The number of aromatic hydroxyl groups is 1. The van der Waals surface area contributed by atoms with Crippen molar-refractivity contribution in [2.24, 2.45) is 0 Å². The minimum Gasteiger partial charge on any atom is -0.502 e. The first-order chi connectivity index (χ1) is 17.9. The smallest absolute Gasteiger partial charge is 0.298 e. The van der Waals surface area contributed by atoms with Crippen LogP contribution < -0.4 is 10.5 Å². The van der Waals surface area contributed by atoms with Crippen LogP contribution in [0.2, 0.25) is 5.02 Å². The van der Waals surface area contributed by atoms with Gasteiger partial charge in [0.25, 0.3) is 17.4 Å². The van der Waals surface area contributed by atoms with Gasteiger partial charge in [-0.3, -0.25) is 23.7 Å². The molecule has 3 amide bonds. The predicted molar refractivity (Wildman–Crippen MR) is 141 cm³/mol. The summed E-state index contributed by atoms with van der Waals surface area (Å²) >= 11 is 5.87. The minimum atomic E-state index is -0.929. The SMILES string of the molecule is CC(=O)N(C)c1ccc(-n2c(C(=O)N(C)C)c3c(c(O)c2=O)C(=O)N(Cc2ccc(F)c(Cl)c2)CC3)cc1. The van der Waals surface area contributed by atoms with E-state index in [0.29, 0.717) is 11.3 Å². The number of amides is 3. The molecule has 1 aliphatic heterocycles. The first-order valence-electron chi connectivity index (χ1n) is 11.7. The van der Waals surface area contributed by atoms with Crippen LogP contribution in [0.3, 0.4) is 0 Å². The van der Waals surface area contributed by atoms with Crippen molar-refractivity contribution in [1.29, 1.82) is 0 Å². The van der Waals surface area contributed by atoms with Gasteiger partial charge in [0, 0.05) is 58.1 Å². The molecule has 2 aromatic carbocycles. The molecule has 0 aliphatic carbocycles. The normalized spacial score (nSPS) is 12.8. The fourth-order valence-electron chi connectivity index (χ4n) is 4.39. The third-order valence-corrected chi connectivity index (χ3v) is 6.81. The molecule has 1 aliphatic rings. The van der Waals surface area contributed by atoms with Gasteiger partial charge in [-0.05, 0) is 48.4 Å². The lowest BCUT2D eigenvalue weighted by Crippen LogP contribution is -2.42. The lowest BCUT2D eigenvalue weighted by molar-refractivity contribution is -0.116. The number of halogens is 2. The van der Waals surface area contributed by atoms with Gasteiger partial charge in [-0.25, -0.2) is 4.39 Å². The van der Waals surface area contributed by atoms with Crippen LogP contribution in [-0.2, 0) is 17.8 Å². The average molecular weight is 541 g/mol. The largest absolute Gasteiger partial charge is 0.502 e. The first kappa shape index (κ1) is 26.9. The quantitative estimate of drug-likeness (QED) is 0.535. The number of rotatable bonds is 5. The monoisotopic (exact) mass is 540 g/mol. The number of carbonyl (C=O) groups is 3. The number of fused-ring (bicyclic) bond motifs is 1. The van der Waals surface area contributed by atoms with Crippen molar-refractivity contribution < 1.29 is 23.9 Å². The van der Waals surface area contributed by atoms with Crippen molar-refractivity contribution >= 4 is 35.0 Å². The number of hydrogen-bond donors (Lipinski definition) is 1. The minimum absolute atomic E-state index is 0.0294. The third-order valence-electron chi connectivity index (χ3n) is 6.52. The number of nitrogens with zero attached hydrogens (tertiary/aromatic N) is 4. The molecule has 38 heavy (non-hydrogen) atoms. The molecule has 0 saturated carbocycles. The molecule has 0 atom stereocenters. The Balaban J connectivity index is 1.84. The van der Waals surface area contributed by atoms with E-state index in [2.05, 4.69) is 0 Å². The zero-order valence-electron chi connectivity index (χ0n) is 21.3. The van der Waals surface area contributed by atoms with E-state index in [4.69, 9.17) is 11.6 Å². The molecule has 2 heterocycles. The second-order valence-electron chi connectivity index (χ2n) is 9.21. The third kappa shape index (κ3) is 4.74. The Morgan fingerprint density at radius 3 is 2.32 bits per heavy atom. The van der Waals surface area contributed by atoms with Crippen LogP contribution in [0.1, 0.15) is 38.9 Å². The zero-order valence-corrected chi connectivity index (χ0v) is 22.0. The lowest BCUT2D eigenvalue weighted by atomic mass is 9.95. The molecular weight excluding hydrogens is 515 g/mol. The Bertz CT molecular complexity index is 1520. The highest BCUT2D eigenvalue weighted by Gasteiger charge is 2.35. The maximum atomic E-state index is 13.6. The van der Waals surface area contributed by atoms with Gasteiger partial charge in [-0.2, -0.15) is 0 Å². The van der Waals surface area contributed by atoms with Gasteiger partial charge in [0.1, 0.15) is 11.5 Å². The Kier molecular flexibility index (Phi) is 7.28. The average Bonchev–Trinajstić information content (AvgIpc) is 2.88. The fourth-order valence-corrected chi connectivity index (χ4v) is 4.59. The zero-order chi connectivity index (χ0) is 27.9. The highest BCUT2D eigenvalue weighted by molar-refractivity contribution is 6.30. The summed E-state index contributed by atoms with van der Waals surface area (Å²) in [7, 11) is 4.65. The first-order valence-corrected chi connectivity index (χ1v) is 12.1. The summed E-state index contributed by atoms with van der Waals surface area (Å²) in [6.45, 7) is 1.68.